The second-order valence-corrected chi connectivity index (χ2v) is 6.41. The van der Waals surface area contributed by atoms with Crippen LogP contribution in [0.5, 0.6) is 0 Å². The SMILES string of the molecule is CCN(CC)c1nc(N)cc(N2C[C@H](O)[C@@H](N3CCCC3)C2)n1. The third-order valence-corrected chi connectivity index (χ3v) is 4.96. The molecule has 2 fully saturated rings. The number of nitrogens with two attached hydrogens (primary N) is 1. The molecule has 23 heavy (non-hydrogen) atoms. The first-order valence-corrected chi connectivity index (χ1v) is 8.69. The monoisotopic (exact) mass is 320 g/mol. The Balaban J connectivity index is 1.79. The average Bonchev–Trinajstić information content (AvgIpc) is 3.17. The van der Waals surface area contributed by atoms with E-state index in [0.29, 0.717) is 18.3 Å². The Morgan fingerprint density at radius 3 is 2.57 bits per heavy atom. The summed E-state index contributed by atoms with van der Waals surface area (Å²) in [6.45, 7) is 9.44. The van der Waals surface area contributed by atoms with Crippen LogP contribution < -0.4 is 15.5 Å². The summed E-state index contributed by atoms with van der Waals surface area (Å²) in [6, 6.07) is 2.01. The molecule has 2 atom stereocenters. The van der Waals surface area contributed by atoms with Crippen molar-refractivity contribution in [2.45, 2.75) is 38.8 Å². The molecule has 0 radical (unpaired) electrons. The average molecular weight is 320 g/mol. The first-order valence-electron chi connectivity index (χ1n) is 8.69. The van der Waals surface area contributed by atoms with E-state index < -0.39 is 0 Å². The standard InChI is InChI=1S/C16H28N6O/c1-3-20(4-2)16-18-14(17)9-15(19-16)22-10-12(13(23)11-22)21-7-5-6-8-21/h9,12-13,23H,3-8,10-11H2,1-2H3,(H2,17,18,19)/t12-,13-/m0/s1. The number of aliphatic hydroxyl groups is 1. The number of anilines is 3. The second-order valence-electron chi connectivity index (χ2n) is 6.41. The summed E-state index contributed by atoms with van der Waals surface area (Å²) in [7, 11) is 0. The summed E-state index contributed by atoms with van der Waals surface area (Å²) in [4.78, 5) is 15.7. The minimum absolute atomic E-state index is 0.200. The normalized spacial score (nSPS) is 25.3. The molecule has 3 heterocycles. The maximum atomic E-state index is 10.5. The molecule has 2 aliphatic heterocycles. The van der Waals surface area contributed by atoms with E-state index in [4.69, 9.17) is 5.73 Å². The van der Waals surface area contributed by atoms with E-state index in [1.165, 1.54) is 12.8 Å². The molecule has 3 N–H and O–H groups in total. The molecule has 2 aliphatic rings. The van der Waals surface area contributed by atoms with Crippen molar-refractivity contribution in [1.29, 1.82) is 0 Å². The van der Waals surface area contributed by atoms with Crippen molar-refractivity contribution in [2.75, 3.05) is 54.8 Å². The van der Waals surface area contributed by atoms with Crippen LogP contribution in [-0.4, -0.2) is 71.4 Å². The largest absolute Gasteiger partial charge is 0.390 e. The van der Waals surface area contributed by atoms with Gasteiger partial charge in [0, 0.05) is 32.2 Å². The summed E-state index contributed by atoms with van der Waals surface area (Å²) in [5.74, 6) is 1.97. The Hall–Kier alpha value is -1.60. The number of hydrogen-bond acceptors (Lipinski definition) is 7. The molecule has 1 aromatic heterocycles. The van der Waals surface area contributed by atoms with Crippen LogP contribution in [-0.2, 0) is 0 Å². The summed E-state index contributed by atoms with van der Waals surface area (Å²) in [5.41, 5.74) is 5.99. The van der Waals surface area contributed by atoms with Gasteiger partial charge in [-0.2, -0.15) is 9.97 Å². The molecule has 0 aromatic carbocycles. The number of rotatable bonds is 5. The highest BCUT2D eigenvalue weighted by atomic mass is 16.3. The molecular weight excluding hydrogens is 292 g/mol. The Morgan fingerprint density at radius 2 is 1.91 bits per heavy atom. The zero-order chi connectivity index (χ0) is 16.4. The van der Waals surface area contributed by atoms with Gasteiger partial charge in [-0.25, -0.2) is 0 Å². The maximum absolute atomic E-state index is 10.5. The molecule has 1 aromatic rings. The number of aliphatic hydroxyl groups excluding tert-OH is 1. The second kappa shape index (κ2) is 6.88. The van der Waals surface area contributed by atoms with Crippen molar-refractivity contribution in [3.8, 4) is 0 Å². The number of nitrogen functional groups attached to an aromatic ring is 1. The van der Waals surface area contributed by atoms with Gasteiger partial charge in [0.2, 0.25) is 5.95 Å². The van der Waals surface area contributed by atoms with E-state index in [2.05, 4.69) is 38.5 Å². The smallest absolute Gasteiger partial charge is 0.229 e. The van der Waals surface area contributed by atoms with Gasteiger partial charge in [-0.15, -0.1) is 0 Å². The van der Waals surface area contributed by atoms with Crippen LogP contribution in [0.2, 0.25) is 0 Å². The van der Waals surface area contributed by atoms with Crippen LogP contribution in [0.1, 0.15) is 26.7 Å². The van der Waals surface area contributed by atoms with Crippen LogP contribution in [0.4, 0.5) is 17.6 Å². The highest BCUT2D eigenvalue weighted by molar-refractivity contribution is 5.53. The molecule has 0 aliphatic carbocycles. The van der Waals surface area contributed by atoms with Gasteiger partial charge >= 0.3 is 0 Å². The summed E-state index contributed by atoms with van der Waals surface area (Å²) in [6.07, 6.45) is 2.13. The van der Waals surface area contributed by atoms with E-state index in [0.717, 1.165) is 38.5 Å². The van der Waals surface area contributed by atoms with Gasteiger partial charge in [-0.05, 0) is 39.8 Å². The number of hydrogen-bond donors (Lipinski definition) is 2. The fourth-order valence-corrected chi connectivity index (χ4v) is 3.64. The highest BCUT2D eigenvalue weighted by Gasteiger charge is 2.37. The molecule has 0 spiro atoms. The molecule has 7 nitrogen and oxygen atoms in total. The molecule has 7 heteroatoms. The lowest BCUT2D eigenvalue weighted by Crippen LogP contribution is -2.41. The number of β-amino-alcohol motifs (C(OH)–C–C–N with tert-alkyl or cyclic N) is 1. The quantitative estimate of drug-likeness (QED) is 0.820. The van der Waals surface area contributed by atoms with E-state index in [1.807, 2.05) is 6.07 Å². The van der Waals surface area contributed by atoms with Crippen LogP contribution >= 0.6 is 0 Å². The first kappa shape index (κ1) is 16.3. The summed E-state index contributed by atoms with van der Waals surface area (Å²) < 4.78 is 0. The van der Waals surface area contributed by atoms with Gasteiger partial charge in [0.1, 0.15) is 11.6 Å². The molecule has 3 rings (SSSR count). The lowest BCUT2D eigenvalue weighted by Gasteiger charge is -2.26. The van der Waals surface area contributed by atoms with Crippen LogP contribution in [0.25, 0.3) is 0 Å². The van der Waals surface area contributed by atoms with Crippen LogP contribution in [0.15, 0.2) is 6.07 Å². The topological polar surface area (TPSA) is 81.8 Å². The molecule has 0 amide bonds. The fraction of sp³-hybridized carbons (Fsp3) is 0.750. The predicted molar refractivity (Wildman–Crippen MR) is 92.8 cm³/mol. The zero-order valence-electron chi connectivity index (χ0n) is 14.1. The van der Waals surface area contributed by atoms with Crippen molar-refractivity contribution in [3.63, 3.8) is 0 Å². The molecule has 0 saturated carbocycles. The van der Waals surface area contributed by atoms with E-state index >= 15 is 0 Å². The van der Waals surface area contributed by atoms with Crippen molar-refractivity contribution in [3.05, 3.63) is 6.07 Å². The van der Waals surface area contributed by atoms with Crippen LogP contribution in [0.3, 0.4) is 0 Å². The molecule has 128 valence electrons. The Morgan fingerprint density at radius 1 is 1.22 bits per heavy atom. The molecule has 2 saturated heterocycles. The minimum atomic E-state index is -0.332. The molecule has 0 bridgehead atoms. The number of likely N-dealkylation sites (tertiary alicyclic amines) is 1. The Bertz CT molecular complexity index is 529. The maximum Gasteiger partial charge on any atom is 0.229 e. The van der Waals surface area contributed by atoms with Gasteiger partial charge in [0.15, 0.2) is 0 Å². The van der Waals surface area contributed by atoms with Gasteiger partial charge in [0.25, 0.3) is 0 Å². The van der Waals surface area contributed by atoms with Gasteiger partial charge in [0.05, 0.1) is 12.1 Å². The first-order chi connectivity index (χ1) is 11.1. The lowest BCUT2D eigenvalue weighted by atomic mass is 10.2. The van der Waals surface area contributed by atoms with Crippen molar-refractivity contribution < 1.29 is 5.11 Å². The number of aromatic nitrogens is 2. The van der Waals surface area contributed by atoms with Gasteiger partial charge in [-0.1, -0.05) is 0 Å². The van der Waals surface area contributed by atoms with Crippen molar-refractivity contribution in [1.82, 2.24) is 14.9 Å². The van der Waals surface area contributed by atoms with E-state index in [1.54, 1.807) is 0 Å². The third-order valence-electron chi connectivity index (χ3n) is 4.96. The Kier molecular flexibility index (Phi) is 4.87. The van der Waals surface area contributed by atoms with Crippen molar-refractivity contribution >= 4 is 17.6 Å². The minimum Gasteiger partial charge on any atom is -0.390 e. The Labute approximate surface area is 138 Å². The predicted octanol–water partition coefficient (Wildman–Crippen LogP) is 0.550. The van der Waals surface area contributed by atoms with E-state index in [9.17, 15) is 5.11 Å². The fourth-order valence-electron chi connectivity index (χ4n) is 3.64. The number of nitrogens with zero attached hydrogens (tertiary/aromatic N) is 5. The summed E-state index contributed by atoms with van der Waals surface area (Å²) >= 11 is 0. The molecular formula is C16H28N6O. The van der Waals surface area contributed by atoms with Gasteiger partial charge < -0.3 is 20.6 Å². The summed E-state index contributed by atoms with van der Waals surface area (Å²) in [5, 5.41) is 10.5. The van der Waals surface area contributed by atoms with Crippen LogP contribution in [0, 0.1) is 0 Å². The third kappa shape index (κ3) is 3.35. The van der Waals surface area contributed by atoms with Gasteiger partial charge in [-0.3, -0.25) is 4.90 Å². The molecule has 0 unspecified atom stereocenters. The lowest BCUT2D eigenvalue weighted by molar-refractivity contribution is 0.0986. The zero-order valence-corrected chi connectivity index (χ0v) is 14.1. The highest BCUT2D eigenvalue weighted by Crippen LogP contribution is 2.26. The van der Waals surface area contributed by atoms with Crippen molar-refractivity contribution in [2.24, 2.45) is 0 Å². The van der Waals surface area contributed by atoms with E-state index in [-0.39, 0.29) is 12.1 Å².